The van der Waals surface area contributed by atoms with E-state index in [4.69, 9.17) is 0 Å². The van der Waals surface area contributed by atoms with Gasteiger partial charge in [0.15, 0.2) is 0 Å². The third-order valence-corrected chi connectivity index (χ3v) is 2.58. The Morgan fingerprint density at radius 2 is 2.12 bits per heavy atom. The van der Waals surface area contributed by atoms with Crippen LogP contribution >= 0.6 is 0 Å². The highest BCUT2D eigenvalue weighted by atomic mass is 16.5. The summed E-state index contributed by atoms with van der Waals surface area (Å²) >= 11 is 0. The Hall–Kier alpha value is -1.62. The number of β-amino-alcohol motifs (C(OH)–C–C–N with tert-alkyl or cyclic N) is 1. The molecule has 0 bridgehead atoms. The number of carbonyl (C=O) groups excluding carboxylic acids is 2. The molecule has 2 unspecified atom stereocenters. The first-order chi connectivity index (χ1) is 8.10. The number of rotatable bonds is 3. The van der Waals surface area contributed by atoms with Crippen LogP contribution in [0.2, 0.25) is 0 Å². The molecule has 0 aromatic rings. The van der Waals surface area contributed by atoms with Crippen molar-refractivity contribution < 1.29 is 19.4 Å². The van der Waals surface area contributed by atoms with Crippen molar-refractivity contribution in [3.8, 4) is 0 Å². The van der Waals surface area contributed by atoms with E-state index in [1.807, 2.05) is 6.92 Å². The molecule has 1 rings (SSSR count). The molecule has 5 heteroatoms. The topological polar surface area (TPSA) is 66.8 Å². The summed E-state index contributed by atoms with van der Waals surface area (Å²) in [6.07, 6.45) is 6.04. The fraction of sp³-hybridized carbons (Fsp3) is 0.500. The van der Waals surface area contributed by atoms with Crippen LogP contribution in [-0.4, -0.2) is 47.7 Å². The Morgan fingerprint density at radius 3 is 2.71 bits per heavy atom. The van der Waals surface area contributed by atoms with Crippen molar-refractivity contribution in [1.82, 2.24) is 4.90 Å². The van der Waals surface area contributed by atoms with Crippen LogP contribution in [-0.2, 0) is 14.3 Å². The SMILES string of the molecule is CC=C/C=C/C(=O)N1CC(O)CC1C(=O)OC. The molecule has 0 spiro atoms. The van der Waals surface area contributed by atoms with Gasteiger partial charge in [-0.15, -0.1) is 0 Å². The maximum atomic E-state index is 11.8. The van der Waals surface area contributed by atoms with Gasteiger partial charge in [-0.05, 0) is 6.92 Å². The lowest BCUT2D eigenvalue weighted by atomic mass is 10.2. The highest BCUT2D eigenvalue weighted by Crippen LogP contribution is 2.19. The number of hydrogen-bond acceptors (Lipinski definition) is 4. The molecule has 0 saturated carbocycles. The van der Waals surface area contributed by atoms with Crippen molar-refractivity contribution >= 4 is 11.9 Å². The summed E-state index contributed by atoms with van der Waals surface area (Å²) in [5.74, 6) is -0.788. The lowest BCUT2D eigenvalue weighted by Crippen LogP contribution is -2.40. The van der Waals surface area contributed by atoms with Crippen LogP contribution in [0.5, 0.6) is 0 Å². The number of nitrogens with zero attached hydrogens (tertiary/aromatic N) is 1. The Kier molecular flexibility index (Phi) is 4.90. The standard InChI is InChI=1S/C12H17NO4/c1-3-4-5-6-11(15)13-8-9(14)7-10(13)12(16)17-2/h3-6,9-10,14H,7-8H2,1-2H3/b4-3?,6-5+. The van der Waals surface area contributed by atoms with E-state index >= 15 is 0 Å². The van der Waals surface area contributed by atoms with Gasteiger partial charge in [-0.3, -0.25) is 4.79 Å². The van der Waals surface area contributed by atoms with Gasteiger partial charge in [-0.25, -0.2) is 4.79 Å². The van der Waals surface area contributed by atoms with Crippen LogP contribution in [0.1, 0.15) is 13.3 Å². The van der Waals surface area contributed by atoms with Gasteiger partial charge < -0.3 is 14.7 Å². The summed E-state index contributed by atoms with van der Waals surface area (Å²) in [6.45, 7) is 2.00. The van der Waals surface area contributed by atoms with Crippen LogP contribution in [0.4, 0.5) is 0 Å². The third-order valence-electron chi connectivity index (χ3n) is 2.58. The van der Waals surface area contributed by atoms with E-state index in [1.54, 1.807) is 18.2 Å². The lowest BCUT2D eigenvalue weighted by molar-refractivity contribution is -0.149. The maximum Gasteiger partial charge on any atom is 0.328 e. The van der Waals surface area contributed by atoms with Crippen molar-refractivity contribution in [2.75, 3.05) is 13.7 Å². The average molecular weight is 239 g/mol. The summed E-state index contributed by atoms with van der Waals surface area (Å²) < 4.78 is 4.61. The monoisotopic (exact) mass is 239 g/mol. The zero-order chi connectivity index (χ0) is 12.8. The quantitative estimate of drug-likeness (QED) is 0.435. The van der Waals surface area contributed by atoms with Crippen molar-refractivity contribution in [2.45, 2.75) is 25.5 Å². The first-order valence-corrected chi connectivity index (χ1v) is 5.46. The van der Waals surface area contributed by atoms with Gasteiger partial charge >= 0.3 is 5.97 Å². The van der Waals surface area contributed by atoms with Crippen molar-refractivity contribution in [2.24, 2.45) is 0 Å². The molecule has 2 atom stereocenters. The number of amides is 1. The molecule has 0 aromatic carbocycles. The van der Waals surface area contributed by atoms with Crippen LogP contribution in [0.3, 0.4) is 0 Å². The minimum absolute atomic E-state index is 0.165. The first-order valence-electron chi connectivity index (χ1n) is 5.46. The molecule has 1 aliphatic heterocycles. The van der Waals surface area contributed by atoms with Gasteiger partial charge in [0.05, 0.1) is 13.2 Å². The van der Waals surface area contributed by atoms with Crippen molar-refractivity contribution in [3.63, 3.8) is 0 Å². The molecular formula is C12H17NO4. The largest absolute Gasteiger partial charge is 0.467 e. The van der Waals surface area contributed by atoms with Gasteiger partial charge in [0.25, 0.3) is 0 Å². The normalized spacial score (nSPS) is 24.8. The summed E-state index contributed by atoms with van der Waals surface area (Å²) in [4.78, 5) is 24.6. The fourth-order valence-electron chi connectivity index (χ4n) is 1.76. The Bertz CT molecular complexity index is 348. The zero-order valence-electron chi connectivity index (χ0n) is 10.00. The molecule has 94 valence electrons. The molecule has 1 fully saturated rings. The minimum Gasteiger partial charge on any atom is -0.467 e. The molecular weight excluding hydrogens is 222 g/mol. The van der Waals surface area contributed by atoms with Crippen LogP contribution in [0.25, 0.3) is 0 Å². The van der Waals surface area contributed by atoms with E-state index in [2.05, 4.69) is 4.74 Å². The first kappa shape index (κ1) is 13.4. The molecule has 1 amide bonds. The van der Waals surface area contributed by atoms with E-state index in [1.165, 1.54) is 18.1 Å². The minimum atomic E-state index is -0.683. The Morgan fingerprint density at radius 1 is 1.41 bits per heavy atom. The number of methoxy groups -OCH3 is 1. The molecule has 0 radical (unpaired) electrons. The highest BCUT2D eigenvalue weighted by Gasteiger charge is 2.38. The summed E-state index contributed by atoms with van der Waals surface area (Å²) in [7, 11) is 1.27. The van der Waals surface area contributed by atoms with Gasteiger partial charge in [0.1, 0.15) is 6.04 Å². The van der Waals surface area contributed by atoms with E-state index in [9.17, 15) is 14.7 Å². The second-order valence-electron chi connectivity index (χ2n) is 3.80. The second kappa shape index (κ2) is 6.20. The molecule has 1 aliphatic rings. The van der Waals surface area contributed by atoms with E-state index in [0.29, 0.717) is 0 Å². The molecule has 5 nitrogen and oxygen atoms in total. The van der Waals surface area contributed by atoms with E-state index in [0.717, 1.165) is 0 Å². The van der Waals surface area contributed by atoms with Crippen LogP contribution in [0.15, 0.2) is 24.3 Å². The van der Waals surface area contributed by atoms with E-state index < -0.39 is 18.1 Å². The number of likely N-dealkylation sites (tertiary alicyclic amines) is 1. The molecule has 0 aliphatic carbocycles. The predicted octanol–water partition coefficient (Wildman–Crippen LogP) is 0.253. The molecule has 1 N–H and O–H groups in total. The average Bonchev–Trinajstić information content (AvgIpc) is 2.70. The number of ether oxygens (including phenoxy) is 1. The van der Waals surface area contributed by atoms with Gasteiger partial charge in [-0.1, -0.05) is 18.2 Å². The Labute approximate surface area is 100 Å². The van der Waals surface area contributed by atoms with E-state index in [-0.39, 0.29) is 18.9 Å². The maximum absolute atomic E-state index is 11.8. The van der Waals surface area contributed by atoms with Gasteiger partial charge in [0, 0.05) is 19.0 Å². The van der Waals surface area contributed by atoms with Crippen molar-refractivity contribution in [1.29, 1.82) is 0 Å². The summed E-state index contributed by atoms with van der Waals surface area (Å²) in [6, 6.07) is -0.683. The number of carbonyl (C=O) groups is 2. The predicted molar refractivity (Wildman–Crippen MR) is 62.1 cm³/mol. The van der Waals surface area contributed by atoms with Crippen LogP contribution < -0.4 is 0 Å². The summed E-state index contributed by atoms with van der Waals surface area (Å²) in [5.41, 5.74) is 0. The van der Waals surface area contributed by atoms with Crippen LogP contribution in [0, 0.1) is 0 Å². The number of aliphatic hydroxyl groups is 1. The molecule has 1 saturated heterocycles. The lowest BCUT2D eigenvalue weighted by Gasteiger charge is -2.20. The number of hydrogen-bond donors (Lipinski definition) is 1. The van der Waals surface area contributed by atoms with Crippen molar-refractivity contribution in [3.05, 3.63) is 24.3 Å². The number of aliphatic hydroxyl groups excluding tert-OH is 1. The molecule has 17 heavy (non-hydrogen) atoms. The van der Waals surface area contributed by atoms with Gasteiger partial charge in [-0.2, -0.15) is 0 Å². The van der Waals surface area contributed by atoms with Gasteiger partial charge in [0.2, 0.25) is 5.91 Å². The fourth-order valence-corrected chi connectivity index (χ4v) is 1.76. The smallest absolute Gasteiger partial charge is 0.328 e. The molecule has 0 aromatic heterocycles. The zero-order valence-corrected chi connectivity index (χ0v) is 10.00. The molecule has 1 heterocycles. The highest BCUT2D eigenvalue weighted by molar-refractivity contribution is 5.92. The third kappa shape index (κ3) is 3.42. The number of allylic oxidation sites excluding steroid dienone is 3. The Balaban J connectivity index is 2.73. The number of esters is 1. The second-order valence-corrected chi connectivity index (χ2v) is 3.80. The summed E-state index contributed by atoms with van der Waals surface area (Å²) in [5, 5.41) is 9.50.